The third kappa shape index (κ3) is 2.78. The largest absolute Gasteiger partial charge is 0.463 e. The van der Waals surface area contributed by atoms with Gasteiger partial charge < -0.3 is 10.5 Å². The lowest BCUT2D eigenvalue weighted by molar-refractivity contribution is -0.138. The number of carbonyl (C=O) groups excluding carboxylic acids is 1. The van der Waals surface area contributed by atoms with E-state index in [4.69, 9.17) is 10.5 Å². The van der Waals surface area contributed by atoms with Crippen molar-refractivity contribution < 1.29 is 9.53 Å². The summed E-state index contributed by atoms with van der Waals surface area (Å²) in [4.78, 5) is 12.0. The molecule has 1 aliphatic rings. The second-order valence-electron chi connectivity index (χ2n) is 4.71. The number of aryl methyl sites for hydroxylation is 2. The third-order valence-electron chi connectivity index (χ3n) is 3.45. The Morgan fingerprint density at radius 3 is 2.79 bits per heavy atom. The van der Waals surface area contributed by atoms with Crippen molar-refractivity contribution in [3.8, 4) is 0 Å². The summed E-state index contributed by atoms with van der Waals surface area (Å²) in [6.45, 7) is 6.35. The molecule has 2 rings (SSSR count). The number of benzene rings is 1. The van der Waals surface area contributed by atoms with Crippen LogP contribution in [0.5, 0.6) is 0 Å². The zero-order valence-corrected chi connectivity index (χ0v) is 12.3. The predicted molar refractivity (Wildman–Crippen MR) is 79.0 cm³/mol. The Hall–Kier alpha value is -1.42. The van der Waals surface area contributed by atoms with Gasteiger partial charge in [0, 0.05) is 11.7 Å². The van der Waals surface area contributed by atoms with Crippen molar-refractivity contribution in [1.82, 2.24) is 0 Å². The van der Waals surface area contributed by atoms with Crippen LogP contribution in [0.25, 0.3) is 0 Å². The van der Waals surface area contributed by atoms with Crippen molar-refractivity contribution in [2.75, 3.05) is 12.4 Å². The molecule has 0 radical (unpaired) electrons. The third-order valence-corrected chi connectivity index (χ3v) is 4.48. The minimum absolute atomic E-state index is 0.0448. The maximum Gasteiger partial charge on any atom is 0.337 e. The molecule has 4 heteroatoms. The Labute approximate surface area is 118 Å². The molecule has 1 aliphatic heterocycles. The number of hydrogen-bond acceptors (Lipinski definition) is 4. The van der Waals surface area contributed by atoms with Crippen molar-refractivity contribution in [3.05, 3.63) is 45.5 Å². The maximum absolute atomic E-state index is 12.0. The monoisotopic (exact) mass is 277 g/mol. The molecule has 1 heterocycles. The van der Waals surface area contributed by atoms with Gasteiger partial charge in [0.05, 0.1) is 17.2 Å². The molecule has 1 aromatic rings. The van der Waals surface area contributed by atoms with Gasteiger partial charge >= 0.3 is 5.97 Å². The van der Waals surface area contributed by atoms with E-state index in [0.29, 0.717) is 17.2 Å². The molecule has 2 N–H and O–H groups in total. The summed E-state index contributed by atoms with van der Waals surface area (Å²) in [6.07, 6.45) is 0. The summed E-state index contributed by atoms with van der Waals surface area (Å²) in [7, 11) is 0. The van der Waals surface area contributed by atoms with E-state index in [1.54, 1.807) is 0 Å². The van der Waals surface area contributed by atoms with E-state index in [-0.39, 0.29) is 11.9 Å². The highest BCUT2D eigenvalue weighted by Crippen LogP contribution is 2.40. The van der Waals surface area contributed by atoms with Crippen LogP contribution in [0.3, 0.4) is 0 Å². The van der Waals surface area contributed by atoms with Crippen LogP contribution >= 0.6 is 11.8 Å². The second-order valence-corrected chi connectivity index (χ2v) is 5.77. The number of esters is 1. The van der Waals surface area contributed by atoms with Crippen molar-refractivity contribution in [2.24, 2.45) is 5.73 Å². The molecule has 1 aromatic carbocycles. The van der Waals surface area contributed by atoms with Gasteiger partial charge in [0.1, 0.15) is 0 Å². The lowest BCUT2D eigenvalue weighted by atomic mass is 9.91. The Kier molecular flexibility index (Phi) is 4.20. The molecule has 0 fully saturated rings. The zero-order valence-electron chi connectivity index (χ0n) is 11.5. The molecule has 0 amide bonds. The summed E-state index contributed by atoms with van der Waals surface area (Å²) in [5.41, 5.74) is 10.2. The number of hydrogen-bond donors (Lipinski definition) is 1. The van der Waals surface area contributed by atoms with Gasteiger partial charge in [-0.2, -0.15) is 0 Å². The smallest absolute Gasteiger partial charge is 0.337 e. The summed E-state index contributed by atoms with van der Waals surface area (Å²) in [6, 6.07) is 6.30. The normalized spacial score (nSPS) is 18.8. The fourth-order valence-electron chi connectivity index (χ4n) is 2.20. The molecule has 0 bridgehead atoms. The summed E-state index contributed by atoms with van der Waals surface area (Å²) in [5.74, 6) is 0.569. The average Bonchev–Trinajstić information content (AvgIpc) is 2.75. The molecule has 102 valence electrons. The maximum atomic E-state index is 12.0. The van der Waals surface area contributed by atoms with Crippen molar-refractivity contribution >= 4 is 17.7 Å². The van der Waals surface area contributed by atoms with Gasteiger partial charge in [-0.3, -0.25) is 0 Å². The highest BCUT2D eigenvalue weighted by molar-refractivity contribution is 8.03. The topological polar surface area (TPSA) is 52.3 Å². The van der Waals surface area contributed by atoms with E-state index < -0.39 is 0 Å². The highest BCUT2D eigenvalue weighted by atomic mass is 32.2. The van der Waals surface area contributed by atoms with Gasteiger partial charge in [-0.25, -0.2) is 4.79 Å². The summed E-state index contributed by atoms with van der Waals surface area (Å²) < 4.78 is 5.11. The van der Waals surface area contributed by atoms with Crippen molar-refractivity contribution in [1.29, 1.82) is 0 Å². The van der Waals surface area contributed by atoms with Crippen LogP contribution in [0.2, 0.25) is 0 Å². The molecular weight excluding hydrogens is 258 g/mol. The fraction of sp³-hybridized carbons (Fsp3) is 0.400. The summed E-state index contributed by atoms with van der Waals surface area (Å²) in [5, 5.41) is 0.599. The lowest BCUT2D eigenvalue weighted by Crippen LogP contribution is -2.16. The van der Waals surface area contributed by atoms with E-state index in [1.807, 2.05) is 6.92 Å². The van der Waals surface area contributed by atoms with Gasteiger partial charge in [-0.15, -0.1) is 11.8 Å². The molecule has 19 heavy (non-hydrogen) atoms. The van der Waals surface area contributed by atoms with Crippen LogP contribution in [0.15, 0.2) is 28.8 Å². The highest BCUT2D eigenvalue weighted by Gasteiger charge is 2.32. The molecular formula is C15H19NO2S. The van der Waals surface area contributed by atoms with Gasteiger partial charge in [-0.1, -0.05) is 18.2 Å². The van der Waals surface area contributed by atoms with Gasteiger partial charge in [0.25, 0.3) is 0 Å². The molecule has 0 spiro atoms. The zero-order chi connectivity index (χ0) is 14.0. The van der Waals surface area contributed by atoms with Crippen LogP contribution in [0, 0.1) is 13.8 Å². The van der Waals surface area contributed by atoms with Crippen LogP contribution in [0.1, 0.15) is 29.5 Å². The van der Waals surface area contributed by atoms with Crippen molar-refractivity contribution in [2.45, 2.75) is 26.7 Å². The van der Waals surface area contributed by atoms with Crippen LogP contribution in [-0.4, -0.2) is 18.3 Å². The molecule has 3 nitrogen and oxygen atoms in total. The molecule has 0 aliphatic carbocycles. The fourth-order valence-corrected chi connectivity index (χ4v) is 3.29. The van der Waals surface area contributed by atoms with E-state index in [2.05, 4.69) is 32.0 Å². The quantitative estimate of drug-likeness (QED) is 0.863. The first-order valence-electron chi connectivity index (χ1n) is 6.41. The standard InChI is InChI=1S/C15H19NO2S/c1-4-18-15(17)13-12(8-19-14(13)16)11-6-5-9(2)10(3)7-11/h5-7,12H,4,8,16H2,1-3H3. The van der Waals surface area contributed by atoms with Gasteiger partial charge in [0.15, 0.2) is 0 Å². The first-order valence-corrected chi connectivity index (χ1v) is 7.39. The molecule has 1 atom stereocenters. The molecule has 0 aromatic heterocycles. The summed E-state index contributed by atoms with van der Waals surface area (Å²) >= 11 is 1.53. The minimum Gasteiger partial charge on any atom is -0.463 e. The number of thioether (sulfide) groups is 1. The SMILES string of the molecule is CCOC(=O)C1=C(N)SCC1c1ccc(C)c(C)c1. The van der Waals surface area contributed by atoms with Crippen LogP contribution in [0.4, 0.5) is 0 Å². The van der Waals surface area contributed by atoms with E-state index in [0.717, 1.165) is 11.3 Å². The Morgan fingerprint density at radius 2 is 2.16 bits per heavy atom. The number of ether oxygens (including phenoxy) is 1. The van der Waals surface area contributed by atoms with E-state index in [1.165, 1.54) is 22.9 Å². The van der Waals surface area contributed by atoms with Crippen molar-refractivity contribution in [3.63, 3.8) is 0 Å². The number of carbonyl (C=O) groups is 1. The number of nitrogens with two attached hydrogens (primary N) is 1. The van der Waals surface area contributed by atoms with Crippen LogP contribution in [-0.2, 0) is 9.53 Å². The van der Waals surface area contributed by atoms with Crippen LogP contribution < -0.4 is 5.73 Å². The first kappa shape index (κ1) is 14.0. The predicted octanol–water partition coefficient (Wildman–Crippen LogP) is 2.87. The first-order chi connectivity index (χ1) is 9.04. The Morgan fingerprint density at radius 1 is 1.42 bits per heavy atom. The van der Waals surface area contributed by atoms with Gasteiger partial charge in [-0.05, 0) is 37.5 Å². The molecule has 1 unspecified atom stereocenters. The molecule has 0 saturated carbocycles. The van der Waals surface area contributed by atoms with E-state index in [9.17, 15) is 4.79 Å². The second kappa shape index (κ2) is 5.70. The Bertz CT molecular complexity index is 537. The molecule has 0 saturated heterocycles. The Balaban J connectivity index is 2.34. The average molecular weight is 277 g/mol. The van der Waals surface area contributed by atoms with E-state index >= 15 is 0 Å². The van der Waals surface area contributed by atoms with Gasteiger partial charge in [0.2, 0.25) is 0 Å². The lowest BCUT2D eigenvalue weighted by Gasteiger charge is -2.15. The number of rotatable bonds is 3. The minimum atomic E-state index is -0.284.